The smallest absolute Gasteiger partial charge is 0.341 e. The zero-order chi connectivity index (χ0) is 24.9. The van der Waals surface area contributed by atoms with Gasteiger partial charge in [0.05, 0.1) is 22.1 Å². The third-order valence-electron chi connectivity index (χ3n) is 5.42. The van der Waals surface area contributed by atoms with E-state index in [1.165, 1.54) is 35.6 Å². The quantitative estimate of drug-likeness (QED) is 0.204. The summed E-state index contributed by atoms with van der Waals surface area (Å²) >= 11 is 7.44. The van der Waals surface area contributed by atoms with Gasteiger partial charge in [0.25, 0.3) is 11.6 Å². The molecule has 0 unspecified atom stereocenters. The molecule has 1 aromatic carbocycles. The number of carbonyl (C=O) groups is 2. The number of non-ortho nitro benzene ring substituents is 1. The Balaban J connectivity index is 1.45. The number of carbonyl (C=O) groups excluding carboxylic acids is 2. The number of ether oxygens (including phenoxy) is 2. The predicted octanol–water partition coefficient (Wildman–Crippen LogP) is 6.18. The van der Waals surface area contributed by atoms with Gasteiger partial charge in [-0.25, -0.2) is 4.79 Å². The molecule has 1 amide bonds. The number of furan rings is 1. The zero-order valence-electron chi connectivity index (χ0n) is 18.9. The van der Waals surface area contributed by atoms with Crippen molar-refractivity contribution in [3.63, 3.8) is 0 Å². The lowest BCUT2D eigenvalue weighted by Crippen LogP contribution is -2.15. The molecule has 0 atom stereocenters. The molecular formula is C24H23ClN2O7S. The highest BCUT2D eigenvalue weighted by atomic mass is 35.5. The monoisotopic (exact) mass is 518 g/mol. The number of nitrogens with one attached hydrogen (secondary N) is 1. The second kappa shape index (κ2) is 10.9. The standard InChI is InChI=1S/C24H23ClN2O7S/c1-2-11-32-24(29)21-16-5-3-4-6-20(16)35-23(21)26-22(28)19-10-8-15(34-19)13-33-18-9-7-14(27(30)31)12-17(18)25/h7-10,12H,2-6,11,13H2,1H3,(H,26,28). The molecule has 4 rings (SSSR count). The van der Waals surface area contributed by atoms with Crippen molar-refractivity contribution >= 4 is 45.5 Å². The second-order valence-electron chi connectivity index (χ2n) is 7.93. The highest BCUT2D eigenvalue weighted by Gasteiger charge is 2.28. The molecule has 1 aliphatic rings. The lowest BCUT2D eigenvalue weighted by atomic mass is 9.95. The van der Waals surface area contributed by atoms with Crippen molar-refractivity contribution in [2.75, 3.05) is 11.9 Å². The minimum atomic E-state index is -0.550. The van der Waals surface area contributed by atoms with E-state index in [4.69, 9.17) is 25.5 Å². The highest BCUT2D eigenvalue weighted by molar-refractivity contribution is 7.17. The first kappa shape index (κ1) is 24.7. The van der Waals surface area contributed by atoms with Crippen LogP contribution in [0.4, 0.5) is 10.7 Å². The molecule has 11 heteroatoms. The van der Waals surface area contributed by atoms with E-state index >= 15 is 0 Å². The van der Waals surface area contributed by atoms with E-state index in [1.807, 2.05) is 6.92 Å². The summed E-state index contributed by atoms with van der Waals surface area (Å²) in [5.74, 6) is -0.253. The first-order valence-electron chi connectivity index (χ1n) is 11.2. The van der Waals surface area contributed by atoms with Gasteiger partial charge in [0.2, 0.25) is 0 Å². The number of esters is 1. The Morgan fingerprint density at radius 1 is 1.23 bits per heavy atom. The van der Waals surface area contributed by atoms with Crippen molar-refractivity contribution in [2.24, 2.45) is 0 Å². The number of halogens is 1. The molecule has 0 radical (unpaired) electrons. The van der Waals surface area contributed by atoms with Gasteiger partial charge in [-0.05, 0) is 55.9 Å². The Labute approximate surface area is 210 Å². The minimum Gasteiger partial charge on any atom is -0.484 e. The molecule has 0 fully saturated rings. The molecule has 0 saturated heterocycles. The number of fused-ring (bicyclic) bond motifs is 1. The van der Waals surface area contributed by atoms with Crippen LogP contribution in [0, 0.1) is 10.1 Å². The average molecular weight is 519 g/mol. The van der Waals surface area contributed by atoms with E-state index in [1.54, 1.807) is 6.07 Å². The highest BCUT2D eigenvalue weighted by Crippen LogP contribution is 2.39. The molecule has 35 heavy (non-hydrogen) atoms. The van der Waals surface area contributed by atoms with Crippen LogP contribution in [-0.4, -0.2) is 23.4 Å². The lowest BCUT2D eigenvalue weighted by Gasteiger charge is -2.12. The van der Waals surface area contributed by atoms with E-state index in [2.05, 4.69) is 5.32 Å². The van der Waals surface area contributed by atoms with Gasteiger partial charge in [0, 0.05) is 17.0 Å². The van der Waals surface area contributed by atoms with Crippen molar-refractivity contribution in [3.8, 4) is 5.75 Å². The first-order valence-corrected chi connectivity index (χ1v) is 12.3. The molecule has 1 N–H and O–H groups in total. The molecule has 2 heterocycles. The van der Waals surface area contributed by atoms with Crippen LogP contribution in [0.3, 0.4) is 0 Å². The number of rotatable bonds is 9. The van der Waals surface area contributed by atoms with Crippen LogP contribution in [-0.2, 0) is 24.2 Å². The number of hydrogen-bond donors (Lipinski definition) is 1. The number of hydrogen-bond acceptors (Lipinski definition) is 8. The summed E-state index contributed by atoms with van der Waals surface area (Å²) in [6.45, 7) is 2.21. The van der Waals surface area contributed by atoms with Gasteiger partial charge >= 0.3 is 5.97 Å². The Morgan fingerprint density at radius 2 is 2.03 bits per heavy atom. The van der Waals surface area contributed by atoms with Gasteiger partial charge in [-0.3, -0.25) is 14.9 Å². The molecule has 1 aliphatic carbocycles. The third-order valence-corrected chi connectivity index (χ3v) is 6.92. The summed E-state index contributed by atoms with van der Waals surface area (Å²) in [7, 11) is 0. The van der Waals surface area contributed by atoms with Gasteiger partial charge < -0.3 is 19.2 Å². The Kier molecular flexibility index (Phi) is 7.72. The Hall–Kier alpha value is -3.37. The summed E-state index contributed by atoms with van der Waals surface area (Å²) in [5, 5.41) is 14.2. The van der Waals surface area contributed by atoms with Gasteiger partial charge in [-0.1, -0.05) is 18.5 Å². The van der Waals surface area contributed by atoms with Crippen LogP contribution >= 0.6 is 22.9 Å². The summed E-state index contributed by atoms with van der Waals surface area (Å²) in [5.41, 5.74) is 1.26. The number of benzene rings is 1. The summed E-state index contributed by atoms with van der Waals surface area (Å²) in [4.78, 5) is 37.0. The van der Waals surface area contributed by atoms with Crippen molar-refractivity contribution in [1.29, 1.82) is 0 Å². The van der Waals surface area contributed by atoms with E-state index in [0.29, 0.717) is 29.4 Å². The number of nitro benzene ring substituents is 1. The SMILES string of the molecule is CCCOC(=O)c1c(NC(=O)c2ccc(COc3ccc([N+](=O)[O-])cc3Cl)o2)sc2c1CCCC2. The maximum absolute atomic E-state index is 12.9. The fourth-order valence-corrected chi connectivity index (χ4v) is 5.25. The first-order chi connectivity index (χ1) is 16.9. The zero-order valence-corrected chi connectivity index (χ0v) is 20.5. The molecule has 0 saturated carbocycles. The van der Waals surface area contributed by atoms with Crippen molar-refractivity contribution in [3.05, 3.63) is 73.0 Å². The van der Waals surface area contributed by atoms with E-state index < -0.39 is 16.8 Å². The van der Waals surface area contributed by atoms with Crippen LogP contribution in [0.15, 0.2) is 34.7 Å². The van der Waals surface area contributed by atoms with Gasteiger partial charge in [0.1, 0.15) is 23.1 Å². The molecule has 184 valence electrons. The lowest BCUT2D eigenvalue weighted by molar-refractivity contribution is -0.384. The molecule has 0 spiro atoms. The van der Waals surface area contributed by atoms with Crippen LogP contribution in [0.5, 0.6) is 5.75 Å². The van der Waals surface area contributed by atoms with Crippen LogP contribution in [0.1, 0.15) is 63.3 Å². The fourth-order valence-electron chi connectivity index (χ4n) is 3.75. The molecule has 0 bridgehead atoms. The van der Waals surface area contributed by atoms with Gasteiger partial charge in [-0.15, -0.1) is 11.3 Å². The number of nitro groups is 1. The fraction of sp³-hybridized carbons (Fsp3) is 0.333. The van der Waals surface area contributed by atoms with Crippen molar-refractivity contribution in [1.82, 2.24) is 0 Å². The van der Waals surface area contributed by atoms with Gasteiger partial charge in [-0.2, -0.15) is 0 Å². The largest absolute Gasteiger partial charge is 0.484 e. The molecule has 0 aliphatic heterocycles. The minimum absolute atomic E-state index is 0.0350. The maximum atomic E-state index is 12.9. The molecule has 9 nitrogen and oxygen atoms in total. The number of amides is 1. The number of anilines is 1. The Morgan fingerprint density at radius 3 is 2.77 bits per heavy atom. The topological polar surface area (TPSA) is 121 Å². The summed E-state index contributed by atoms with van der Waals surface area (Å²) in [6, 6.07) is 6.97. The number of thiophene rings is 1. The van der Waals surface area contributed by atoms with Crippen LogP contribution < -0.4 is 10.1 Å². The van der Waals surface area contributed by atoms with Crippen molar-refractivity contribution in [2.45, 2.75) is 45.6 Å². The summed E-state index contributed by atoms with van der Waals surface area (Å²) in [6.07, 6.45) is 4.40. The summed E-state index contributed by atoms with van der Waals surface area (Å²) < 4.78 is 16.5. The van der Waals surface area contributed by atoms with E-state index in [9.17, 15) is 19.7 Å². The van der Waals surface area contributed by atoms with Crippen molar-refractivity contribution < 1.29 is 28.4 Å². The van der Waals surface area contributed by atoms with E-state index in [0.717, 1.165) is 36.1 Å². The predicted molar refractivity (Wildman–Crippen MR) is 131 cm³/mol. The van der Waals surface area contributed by atoms with Gasteiger partial charge in [0.15, 0.2) is 5.76 Å². The maximum Gasteiger partial charge on any atom is 0.341 e. The van der Waals surface area contributed by atoms with Crippen LogP contribution in [0.2, 0.25) is 5.02 Å². The third kappa shape index (κ3) is 5.66. The number of nitrogens with zero attached hydrogens (tertiary/aromatic N) is 1. The molecule has 2 aromatic heterocycles. The number of aryl methyl sites for hydroxylation is 1. The van der Waals surface area contributed by atoms with Crippen LogP contribution in [0.25, 0.3) is 0 Å². The average Bonchev–Trinajstić information content (AvgIpc) is 3.46. The van der Waals surface area contributed by atoms with E-state index in [-0.39, 0.29) is 28.8 Å². The molecular weight excluding hydrogens is 496 g/mol. The second-order valence-corrected chi connectivity index (χ2v) is 9.44. The Bertz CT molecular complexity index is 1270. The molecule has 3 aromatic rings. The normalized spacial score (nSPS) is 12.6.